The van der Waals surface area contributed by atoms with Gasteiger partial charge in [0.15, 0.2) is 0 Å². The Morgan fingerprint density at radius 2 is 1.67 bits per heavy atom. The molecule has 0 aromatic heterocycles. The molecular weight excluding hydrogens is 227 g/mol. The molecule has 0 amide bonds. The van der Waals surface area contributed by atoms with Crippen LogP contribution < -0.4 is 0 Å². The average Bonchev–Trinajstić information content (AvgIpc) is 2.50. The van der Waals surface area contributed by atoms with Crippen molar-refractivity contribution in [2.75, 3.05) is 6.61 Å². The molecule has 0 atom stereocenters. The minimum atomic E-state index is 0. The summed E-state index contributed by atoms with van der Waals surface area (Å²) in [4.78, 5) is 0. The molecule has 0 heterocycles. The van der Waals surface area contributed by atoms with E-state index in [2.05, 4.69) is 24.3 Å². The summed E-state index contributed by atoms with van der Waals surface area (Å²) in [7, 11) is 0. The van der Waals surface area contributed by atoms with Gasteiger partial charge in [0, 0.05) is 32.8 Å². The second-order valence-corrected chi connectivity index (χ2v) is 3.01. The fraction of sp³-hybridized carbons (Fsp3) is 0.600. The third-order valence-corrected chi connectivity index (χ3v) is 2.02. The first-order valence-electron chi connectivity index (χ1n) is 4.39. The first-order valence-corrected chi connectivity index (χ1v) is 4.39. The molecular formula is C10H16OZr. The molecule has 1 aliphatic rings. The second kappa shape index (κ2) is 7.95. The normalized spacial score (nSPS) is 15.1. The van der Waals surface area contributed by atoms with Crippen molar-refractivity contribution in [2.24, 2.45) is 5.92 Å². The fourth-order valence-electron chi connectivity index (χ4n) is 1.34. The molecule has 0 aliphatic heterocycles. The summed E-state index contributed by atoms with van der Waals surface area (Å²) in [5.41, 5.74) is 0. The van der Waals surface area contributed by atoms with Crippen LogP contribution in [0.4, 0.5) is 0 Å². The molecule has 0 radical (unpaired) electrons. The van der Waals surface area contributed by atoms with Gasteiger partial charge in [-0.15, -0.1) is 0 Å². The zero-order valence-corrected chi connectivity index (χ0v) is 9.83. The summed E-state index contributed by atoms with van der Waals surface area (Å²) in [5, 5.41) is 8.53. The molecule has 0 saturated carbocycles. The van der Waals surface area contributed by atoms with E-state index < -0.39 is 0 Å². The third kappa shape index (κ3) is 5.06. The molecule has 0 fully saturated rings. The van der Waals surface area contributed by atoms with Gasteiger partial charge in [-0.05, 0) is 18.8 Å². The molecule has 1 nitrogen and oxygen atoms in total. The van der Waals surface area contributed by atoms with E-state index in [1.54, 1.807) is 0 Å². The van der Waals surface area contributed by atoms with Gasteiger partial charge < -0.3 is 5.11 Å². The van der Waals surface area contributed by atoms with Crippen molar-refractivity contribution in [3.8, 4) is 0 Å². The summed E-state index contributed by atoms with van der Waals surface area (Å²) in [6.07, 6.45) is 13.3. The minimum Gasteiger partial charge on any atom is -0.396 e. The van der Waals surface area contributed by atoms with Crippen LogP contribution in [0.25, 0.3) is 0 Å². The van der Waals surface area contributed by atoms with Crippen LogP contribution in [0.2, 0.25) is 0 Å². The third-order valence-electron chi connectivity index (χ3n) is 2.02. The van der Waals surface area contributed by atoms with Gasteiger partial charge in [-0.1, -0.05) is 37.1 Å². The largest absolute Gasteiger partial charge is 0.396 e. The SMILES string of the molecule is OCCCCCC1C=CC=C1.[Zr]. The summed E-state index contributed by atoms with van der Waals surface area (Å²) in [6, 6.07) is 0. The van der Waals surface area contributed by atoms with E-state index in [4.69, 9.17) is 5.11 Å². The minimum absolute atomic E-state index is 0. The monoisotopic (exact) mass is 242 g/mol. The molecule has 1 rings (SSSR count). The van der Waals surface area contributed by atoms with Gasteiger partial charge in [0.1, 0.15) is 0 Å². The van der Waals surface area contributed by atoms with Gasteiger partial charge in [0.05, 0.1) is 0 Å². The van der Waals surface area contributed by atoms with Crippen molar-refractivity contribution >= 4 is 0 Å². The first-order chi connectivity index (χ1) is 5.43. The number of hydrogen-bond acceptors (Lipinski definition) is 1. The number of aliphatic hydroxyl groups is 1. The van der Waals surface area contributed by atoms with E-state index in [1.807, 2.05) is 0 Å². The molecule has 0 aromatic carbocycles. The molecule has 1 aliphatic carbocycles. The van der Waals surface area contributed by atoms with E-state index in [0.29, 0.717) is 12.5 Å². The molecule has 1 N–H and O–H groups in total. The topological polar surface area (TPSA) is 20.2 Å². The average molecular weight is 243 g/mol. The Hall–Kier alpha value is 0.323. The summed E-state index contributed by atoms with van der Waals surface area (Å²) >= 11 is 0. The van der Waals surface area contributed by atoms with Crippen molar-refractivity contribution in [1.29, 1.82) is 0 Å². The van der Waals surface area contributed by atoms with E-state index >= 15 is 0 Å². The van der Waals surface area contributed by atoms with Gasteiger partial charge in [0.2, 0.25) is 0 Å². The van der Waals surface area contributed by atoms with Crippen molar-refractivity contribution in [3.05, 3.63) is 24.3 Å². The quantitative estimate of drug-likeness (QED) is 0.735. The van der Waals surface area contributed by atoms with Gasteiger partial charge in [-0.25, -0.2) is 0 Å². The van der Waals surface area contributed by atoms with Crippen molar-refractivity contribution in [3.63, 3.8) is 0 Å². The van der Waals surface area contributed by atoms with Crippen LogP contribution in [-0.2, 0) is 26.2 Å². The van der Waals surface area contributed by atoms with Crippen LogP contribution in [0, 0.1) is 5.92 Å². The smallest absolute Gasteiger partial charge is 0.0431 e. The maximum atomic E-state index is 8.53. The Labute approximate surface area is 93.7 Å². The van der Waals surface area contributed by atoms with Crippen LogP contribution in [0.1, 0.15) is 25.7 Å². The summed E-state index contributed by atoms with van der Waals surface area (Å²) in [5.74, 6) is 0.675. The Morgan fingerprint density at radius 1 is 1.00 bits per heavy atom. The zero-order chi connectivity index (χ0) is 7.94. The van der Waals surface area contributed by atoms with Crippen LogP contribution >= 0.6 is 0 Å². The number of allylic oxidation sites excluding steroid dienone is 4. The maximum absolute atomic E-state index is 8.53. The van der Waals surface area contributed by atoms with Crippen molar-refractivity contribution in [2.45, 2.75) is 25.7 Å². The van der Waals surface area contributed by atoms with E-state index in [1.165, 1.54) is 12.8 Å². The van der Waals surface area contributed by atoms with E-state index in [-0.39, 0.29) is 26.2 Å². The van der Waals surface area contributed by atoms with Gasteiger partial charge >= 0.3 is 0 Å². The van der Waals surface area contributed by atoms with Gasteiger partial charge in [0.25, 0.3) is 0 Å². The second-order valence-electron chi connectivity index (χ2n) is 3.01. The standard InChI is InChI=1S/C10H16O.Zr/c11-9-5-1-2-6-10-7-3-4-8-10;/h3-4,7-8,10-11H,1-2,5-6,9H2;. The molecule has 2 heteroatoms. The Bertz CT molecular complexity index is 140. The molecule has 0 bridgehead atoms. The zero-order valence-electron chi connectivity index (χ0n) is 7.37. The van der Waals surface area contributed by atoms with Crippen LogP contribution in [0.5, 0.6) is 0 Å². The summed E-state index contributed by atoms with van der Waals surface area (Å²) in [6.45, 7) is 0.344. The van der Waals surface area contributed by atoms with Crippen LogP contribution in [0.15, 0.2) is 24.3 Å². The molecule has 0 saturated heterocycles. The van der Waals surface area contributed by atoms with Crippen LogP contribution in [-0.4, -0.2) is 11.7 Å². The Kier molecular flexibility index (Phi) is 8.16. The Balaban J connectivity index is 0.00000121. The molecule has 0 unspecified atom stereocenters. The Morgan fingerprint density at radius 3 is 2.25 bits per heavy atom. The fourth-order valence-corrected chi connectivity index (χ4v) is 1.34. The molecule has 0 spiro atoms. The molecule has 12 heavy (non-hydrogen) atoms. The summed E-state index contributed by atoms with van der Waals surface area (Å²) < 4.78 is 0. The molecule has 0 aromatic rings. The van der Waals surface area contributed by atoms with E-state index in [0.717, 1.165) is 12.8 Å². The first kappa shape index (κ1) is 12.3. The van der Waals surface area contributed by atoms with Crippen LogP contribution in [0.3, 0.4) is 0 Å². The number of hydrogen-bond donors (Lipinski definition) is 1. The van der Waals surface area contributed by atoms with Gasteiger partial charge in [-0.2, -0.15) is 0 Å². The van der Waals surface area contributed by atoms with E-state index in [9.17, 15) is 0 Å². The number of rotatable bonds is 5. The van der Waals surface area contributed by atoms with Gasteiger partial charge in [-0.3, -0.25) is 0 Å². The van der Waals surface area contributed by atoms with Crippen molar-refractivity contribution < 1.29 is 31.3 Å². The predicted octanol–water partition coefficient (Wildman–Crippen LogP) is 2.28. The number of unbranched alkanes of at least 4 members (excludes halogenated alkanes) is 2. The number of aliphatic hydroxyl groups excluding tert-OH is 1. The van der Waals surface area contributed by atoms with Crippen molar-refractivity contribution in [1.82, 2.24) is 0 Å². The molecule has 66 valence electrons. The maximum Gasteiger partial charge on any atom is 0.0431 e. The predicted molar refractivity (Wildman–Crippen MR) is 47.3 cm³/mol.